The summed E-state index contributed by atoms with van der Waals surface area (Å²) in [6.07, 6.45) is 6.71. The SMILES string of the molecule is C=CCN(C/C=C/CN(CC=C)C(=O)C(C)=O)C(=O)C(=C)C. The summed E-state index contributed by atoms with van der Waals surface area (Å²) in [5.74, 6) is -1.21. The van der Waals surface area contributed by atoms with Gasteiger partial charge in [-0.05, 0) is 6.92 Å². The Bertz CT molecular complexity index is 448. The van der Waals surface area contributed by atoms with Crippen molar-refractivity contribution in [2.45, 2.75) is 13.8 Å². The average molecular weight is 304 g/mol. The zero-order chi connectivity index (χ0) is 17.1. The summed E-state index contributed by atoms with van der Waals surface area (Å²) in [4.78, 5) is 37.6. The lowest BCUT2D eigenvalue weighted by Gasteiger charge is -2.20. The molecule has 0 saturated carbocycles. The standard InChI is InChI=1S/C17H24N2O3/c1-6-10-18(16(21)14(3)4)12-8-9-13-19(11-7-2)17(22)15(5)20/h6-9H,1-3,10-13H2,4-5H3/b9-8+. The van der Waals surface area contributed by atoms with E-state index in [2.05, 4.69) is 19.7 Å². The van der Waals surface area contributed by atoms with Crippen LogP contribution in [0.5, 0.6) is 0 Å². The van der Waals surface area contributed by atoms with Gasteiger partial charge in [-0.2, -0.15) is 0 Å². The molecule has 0 aliphatic rings. The largest absolute Gasteiger partial charge is 0.332 e. The molecule has 2 amide bonds. The number of Topliss-reactive ketones (excluding diaryl/α,β-unsaturated/α-hetero) is 1. The summed E-state index contributed by atoms with van der Waals surface area (Å²) in [5.41, 5.74) is 0.454. The summed E-state index contributed by atoms with van der Waals surface area (Å²) in [7, 11) is 0. The number of hydrogen-bond acceptors (Lipinski definition) is 3. The van der Waals surface area contributed by atoms with Gasteiger partial charge in [0.1, 0.15) is 0 Å². The molecular weight excluding hydrogens is 280 g/mol. The molecule has 0 atom stereocenters. The Hall–Kier alpha value is -2.43. The van der Waals surface area contributed by atoms with Gasteiger partial charge >= 0.3 is 0 Å². The fraction of sp³-hybridized carbons (Fsp3) is 0.353. The lowest BCUT2D eigenvalue weighted by atomic mass is 10.3. The number of carbonyl (C=O) groups is 3. The minimum Gasteiger partial charge on any atom is -0.332 e. The molecule has 0 heterocycles. The molecule has 22 heavy (non-hydrogen) atoms. The normalized spacial score (nSPS) is 10.1. The van der Waals surface area contributed by atoms with Crippen molar-refractivity contribution in [1.29, 1.82) is 0 Å². The van der Waals surface area contributed by atoms with Crippen LogP contribution in [0, 0.1) is 0 Å². The number of hydrogen-bond donors (Lipinski definition) is 0. The molecule has 0 aromatic heterocycles. The van der Waals surface area contributed by atoms with E-state index < -0.39 is 11.7 Å². The summed E-state index contributed by atoms with van der Waals surface area (Å²) in [6.45, 7) is 15.1. The predicted molar refractivity (Wildman–Crippen MR) is 88.2 cm³/mol. The predicted octanol–water partition coefficient (Wildman–Crippen LogP) is 1.74. The van der Waals surface area contributed by atoms with Crippen LogP contribution in [0.25, 0.3) is 0 Å². The Balaban J connectivity index is 4.66. The maximum Gasteiger partial charge on any atom is 0.290 e. The van der Waals surface area contributed by atoms with E-state index in [0.29, 0.717) is 25.2 Å². The first-order valence-corrected chi connectivity index (χ1v) is 6.96. The molecule has 5 heteroatoms. The first-order valence-electron chi connectivity index (χ1n) is 6.96. The highest BCUT2D eigenvalue weighted by atomic mass is 16.2. The van der Waals surface area contributed by atoms with Crippen LogP contribution in [0.4, 0.5) is 0 Å². The highest BCUT2D eigenvalue weighted by Crippen LogP contribution is 2.00. The zero-order valence-corrected chi connectivity index (χ0v) is 13.4. The third-order valence-corrected chi connectivity index (χ3v) is 2.76. The zero-order valence-electron chi connectivity index (χ0n) is 13.4. The second-order valence-corrected chi connectivity index (χ2v) is 4.81. The Kier molecular flexibility index (Phi) is 9.18. The van der Waals surface area contributed by atoms with Crippen LogP contribution in [-0.2, 0) is 14.4 Å². The Morgan fingerprint density at radius 1 is 0.818 bits per heavy atom. The second-order valence-electron chi connectivity index (χ2n) is 4.81. The van der Waals surface area contributed by atoms with Gasteiger partial charge in [-0.15, -0.1) is 13.2 Å². The van der Waals surface area contributed by atoms with E-state index in [-0.39, 0.29) is 12.5 Å². The molecule has 0 saturated heterocycles. The molecule has 0 spiro atoms. The highest BCUT2D eigenvalue weighted by Gasteiger charge is 2.15. The quantitative estimate of drug-likeness (QED) is 0.351. The van der Waals surface area contributed by atoms with Crippen LogP contribution >= 0.6 is 0 Å². The van der Waals surface area contributed by atoms with E-state index in [9.17, 15) is 14.4 Å². The van der Waals surface area contributed by atoms with Gasteiger partial charge in [-0.1, -0.05) is 30.9 Å². The van der Waals surface area contributed by atoms with Crippen molar-refractivity contribution in [3.8, 4) is 0 Å². The molecule has 0 bridgehead atoms. The van der Waals surface area contributed by atoms with E-state index in [1.54, 1.807) is 36.1 Å². The lowest BCUT2D eigenvalue weighted by Crippen LogP contribution is -2.36. The summed E-state index contributed by atoms with van der Waals surface area (Å²) < 4.78 is 0. The van der Waals surface area contributed by atoms with Gasteiger partial charge in [0.15, 0.2) is 0 Å². The van der Waals surface area contributed by atoms with E-state index in [1.165, 1.54) is 11.8 Å². The first-order chi connectivity index (χ1) is 10.3. The number of ketones is 1. The van der Waals surface area contributed by atoms with Gasteiger partial charge in [-0.3, -0.25) is 14.4 Å². The fourth-order valence-corrected chi connectivity index (χ4v) is 1.69. The molecule has 0 N–H and O–H groups in total. The Morgan fingerprint density at radius 2 is 1.23 bits per heavy atom. The highest BCUT2D eigenvalue weighted by molar-refractivity contribution is 6.35. The van der Waals surface area contributed by atoms with Crippen molar-refractivity contribution in [1.82, 2.24) is 9.80 Å². The maximum atomic E-state index is 11.9. The third kappa shape index (κ3) is 6.83. The molecule has 0 radical (unpaired) electrons. The Labute approximate surface area is 132 Å². The number of rotatable bonds is 10. The molecule has 0 aliphatic carbocycles. The fourth-order valence-electron chi connectivity index (χ4n) is 1.69. The molecule has 0 unspecified atom stereocenters. The monoisotopic (exact) mass is 304 g/mol. The molecule has 0 aromatic rings. The van der Waals surface area contributed by atoms with Crippen LogP contribution in [-0.4, -0.2) is 53.6 Å². The molecule has 0 aromatic carbocycles. The first kappa shape index (κ1) is 19.6. The van der Waals surface area contributed by atoms with Crippen LogP contribution in [0.3, 0.4) is 0 Å². The van der Waals surface area contributed by atoms with Crippen molar-refractivity contribution in [3.05, 3.63) is 49.6 Å². The summed E-state index contributed by atoms with van der Waals surface area (Å²) in [6, 6.07) is 0. The van der Waals surface area contributed by atoms with Crippen LogP contribution in [0.1, 0.15) is 13.8 Å². The molecule has 0 rings (SSSR count). The maximum absolute atomic E-state index is 11.9. The number of amides is 2. The molecule has 120 valence electrons. The molecule has 0 fully saturated rings. The van der Waals surface area contributed by atoms with E-state index in [4.69, 9.17) is 0 Å². The van der Waals surface area contributed by atoms with Gasteiger partial charge in [0.25, 0.3) is 5.91 Å². The van der Waals surface area contributed by atoms with Crippen molar-refractivity contribution in [3.63, 3.8) is 0 Å². The Morgan fingerprint density at radius 3 is 1.55 bits per heavy atom. The van der Waals surface area contributed by atoms with Gasteiger partial charge in [0, 0.05) is 38.7 Å². The van der Waals surface area contributed by atoms with Gasteiger partial charge in [0.2, 0.25) is 11.7 Å². The lowest BCUT2D eigenvalue weighted by molar-refractivity contribution is -0.142. The van der Waals surface area contributed by atoms with Gasteiger partial charge < -0.3 is 9.80 Å². The molecular formula is C17H24N2O3. The minimum absolute atomic E-state index is 0.146. The number of nitrogens with zero attached hydrogens (tertiary/aromatic N) is 2. The summed E-state index contributed by atoms with van der Waals surface area (Å²) >= 11 is 0. The van der Waals surface area contributed by atoms with E-state index in [0.717, 1.165) is 0 Å². The topological polar surface area (TPSA) is 57.7 Å². The van der Waals surface area contributed by atoms with Crippen molar-refractivity contribution in [2.75, 3.05) is 26.2 Å². The molecule has 0 aliphatic heterocycles. The second kappa shape index (κ2) is 10.3. The number of carbonyl (C=O) groups excluding carboxylic acids is 3. The van der Waals surface area contributed by atoms with Crippen molar-refractivity contribution >= 4 is 17.6 Å². The van der Waals surface area contributed by atoms with E-state index in [1.807, 2.05) is 0 Å². The average Bonchev–Trinajstić information content (AvgIpc) is 2.47. The van der Waals surface area contributed by atoms with Crippen molar-refractivity contribution in [2.24, 2.45) is 0 Å². The minimum atomic E-state index is -0.550. The van der Waals surface area contributed by atoms with E-state index >= 15 is 0 Å². The molecule has 5 nitrogen and oxygen atoms in total. The van der Waals surface area contributed by atoms with Crippen molar-refractivity contribution < 1.29 is 14.4 Å². The van der Waals surface area contributed by atoms with Gasteiger partial charge in [0.05, 0.1) is 0 Å². The summed E-state index contributed by atoms with van der Waals surface area (Å²) in [5, 5.41) is 0. The smallest absolute Gasteiger partial charge is 0.290 e. The third-order valence-electron chi connectivity index (χ3n) is 2.76. The van der Waals surface area contributed by atoms with Crippen LogP contribution in [0.15, 0.2) is 49.6 Å². The van der Waals surface area contributed by atoms with Crippen LogP contribution in [0.2, 0.25) is 0 Å². The van der Waals surface area contributed by atoms with Crippen LogP contribution < -0.4 is 0 Å². The van der Waals surface area contributed by atoms with Gasteiger partial charge in [-0.25, -0.2) is 0 Å².